The lowest BCUT2D eigenvalue weighted by molar-refractivity contribution is 0.0778. The minimum Gasteiger partial charge on any atom is -0.335 e. The van der Waals surface area contributed by atoms with Gasteiger partial charge in [0.05, 0.1) is 5.69 Å². The summed E-state index contributed by atoms with van der Waals surface area (Å²) in [7, 11) is 1.83. The molecule has 2 heterocycles. The lowest BCUT2D eigenvalue weighted by Crippen LogP contribution is -2.33. The second-order valence-corrected chi connectivity index (χ2v) is 7.68. The largest absolute Gasteiger partial charge is 0.335 e. The van der Waals surface area contributed by atoms with E-state index < -0.39 is 0 Å². The standard InChI is InChI=1S/C19H26N4O/c1-19(2,3)17-10-16(22(4)21-17)18(24)23-11-14(15(20)12-23)13-8-6-5-7-9-13/h5-10,14-15H,11-12,20H2,1-4H3/t14-,15+/m0/s1. The maximum Gasteiger partial charge on any atom is 0.272 e. The first kappa shape index (κ1) is 16.7. The molecule has 24 heavy (non-hydrogen) atoms. The van der Waals surface area contributed by atoms with Crippen LogP contribution in [0.3, 0.4) is 0 Å². The van der Waals surface area contributed by atoms with E-state index in [2.05, 4.69) is 38.0 Å². The van der Waals surface area contributed by atoms with Crippen LogP contribution in [0.1, 0.15) is 48.4 Å². The van der Waals surface area contributed by atoms with E-state index in [0.717, 1.165) is 5.69 Å². The van der Waals surface area contributed by atoms with Crippen LogP contribution in [0.4, 0.5) is 0 Å². The first-order valence-corrected chi connectivity index (χ1v) is 8.41. The molecule has 1 saturated heterocycles. The van der Waals surface area contributed by atoms with E-state index >= 15 is 0 Å². The minimum absolute atomic E-state index is 0.00869. The highest BCUT2D eigenvalue weighted by molar-refractivity contribution is 5.93. The van der Waals surface area contributed by atoms with Gasteiger partial charge in [-0.25, -0.2) is 0 Å². The number of likely N-dealkylation sites (tertiary alicyclic amines) is 1. The molecule has 2 atom stereocenters. The maximum atomic E-state index is 12.9. The van der Waals surface area contributed by atoms with E-state index in [1.807, 2.05) is 36.2 Å². The van der Waals surface area contributed by atoms with Crippen molar-refractivity contribution in [2.24, 2.45) is 12.8 Å². The van der Waals surface area contributed by atoms with E-state index in [-0.39, 0.29) is 23.3 Å². The van der Waals surface area contributed by atoms with Crippen molar-refractivity contribution >= 4 is 5.91 Å². The van der Waals surface area contributed by atoms with Crippen LogP contribution in [-0.2, 0) is 12.5 Å². The second kappa shape index (κ2) is 6.06. The average molecular weight is 326 g/mol. The molecule has 2 aromatic rings. The second-order valence-electron chi connectivity index (χ2n) is 7.68. The Morgan fingerprint density at radius 1 is 1.21 bits per heavy atom. The number of aryl methyl sites for hydroxylation is 1. The van der Waals surface area contributed by atoms with Gasteiger partial charge in [0, 0.05) is 37.5 Å². The number of carbonyl (C=O) groups is 1. The molecule has 0 saturated carbocycles. The van der Waals surface area contributed by atoms with E-state index in [0.29, 0.717) is 18.8 Å². The Balaban J connectivity index is 1.81. The first-order valence-electron chi connectivity index (χ1n) is 8.41. The Hall–Kier alpha value is -2.14. The van der Waals surface area contributed by atoms with Gasteiger partial charge < -0.3 is 10.6 Å². The molecule has 1 aromatic heterocycles. The Morgan fingerprint density at radius 3 is 2.46 bits per heavy atom. The molecule has 128 valence electrons. The summed E-state index contributed by atoms with van der Waals surface area (Å²) in [5.74, 6) is 0.194. The number of rotatable bonds is 2. The number of nitrogens with zero attached hydrogens (tertiary/aromatic N) is 3. The average Bonchev–Trinajstić information content (AvgIpc) is 3.10. The van der Waals surface area contributed by atoms with Gasteiger partial charge in [-0.15, -0.1) is 0 Å². The number of hydrogen-bond acceptors (Lipinski definition) is 3. The third kappa shape index (κ3) is 3.08. The fourth-order valence-corrected chi connectivity index (χ4v) is 3.24. The molecule has 5 heteroatoms. The molecular weight excluding hydrogens is 300 g/mol. The predicted molar refractivity (Wildman–Crippen MR) is 95.0 cm³/mol. The van der Waals surface area contributed by atoms with Gasteiger partial charge in [0.1, 0.15) is 5.69 Å². The van der Waals surface area contributed by atoms with Crippen LogP contribution in [0.25, 0.3) is 0 Å². The maximum absolute atomic E-state index is 12.9. The zero-order valence-electron chi connectivity index (χ0n) is 14.9. The van der Waals surface area contributed by atoms with Crippen molar-refractivity contribution in [2.45, 2.75) is 38.1 Å². The molecule has 0 bridgehead atoms. The Kier molecular flexibility index (Phi) is 4.22. The van der Waals surface area contributed by atoms with Crippen molar-refractivity contribution in [3.8, 4) is 0 Å². The summed E-state index contributed by atoms with van der Waals surface area (Å²) in [6.45, 7) is 7.52. The van der Waals surface area contributed by atoms with Crippen molar-refractivity contribution in [1.82, 2.24) is 14.7 Å². The molecule has 1 aliphatic rings. The SMILES string of the molecule is Cn1nc(C(C)(C)C)cc1C(=O)N1C[C@@H](N)[C@H](c2ccccc2)C1. The number of nitrogens with two attached hydrogens (primary N) is 1. The van der Waals surface area contributed by atoms with Gasteiger partial charge in [0.2, 0.25) is 0 Å². The number of aromatic nitrogens is 2. The van der Waals surface area contributed by atoms with Crippen LogP contribution in [0, 0.1) is 0 Å². The molecule has 3 rings (SSSR count). The normalized spacial score (nSPS) is 21.3. The molecule has 0 radical (unpaired) electrons. The fourth-order valence-electron chi connectivity index (χ4n) is 3.24. The third-order valence-electron chi connectivity index (χ3n) is 4.75. The van der Waals surface area contributed by atoms with Crippen LogP contribution in [0.2, 0.25) is 0 Å². The highest BCUT2D eigenvalue weighted by Crippen LogP contribution is 2.28. The summed E-state index contributed by atoms with van der Waals surface area (Å²) in [5.41, 5.74) is 8.98. The van der Waals surface area contributed by atoms with Gasteiger partial charge in [-0.3, -0.25) is 9.48 Å². The molecule has 1 aliphatic heterocycles. The summed E-state index contributed by atoms with van der Waals surface area (Å²) in [6.07, 6.45) is 0. The molecule has 0 spiro atoms. The number of benzene rings is 1. The lowest BCUT2D eigenvalue weighted by Gasteiger charge is -2.16. The number of carbonyl (C=O) groups excluding carboxylic acids is 1. The molecule has 0 unspecified atom stereocenters. The Bertz CT molecular complexity index is 730. The first-order chi connectivity index (χ1) is 11.3. The van der Waals surface area contributed by atoms with E-state index in [1.54, 1.807) is 4.68 Å². The minimum atomic E-state index is -0.0791. The van der Waals surface area contributed by atoms with Gasteiger partial charge in [-0.1, -0.05) is 51.1 Å². The molecule has 2 N–H and O–H groups in total. The highest BCUT2D eigenvalue weighted by Gasteiger charge is 2.35. The highest BCUT2D eigenvalue weighted by atomic mass is 16.2. The van der Waals surface area contributed by atoms with Crippen molar-refractivity contribution < 1.29 is 4.79 Å². The number of amides is 1. The summed E-state index contributed by atoms with van der Waals surface area (Å²) in [6, 6.07) is 12.1. The van der Waals surface area contributed by atoms with Crippen LogP contribution in [0.15, 0.2) is 36.4 Å². The van der Waals surface area contributed by atoms with E-state index in [1.165, 1.54) is 5.56 Å². The fraction of sp³-hybridized carbons (Fsp3) is 0.474. The zero-order chi connectivity index (χ0) is 17.5. The van der Waals surface area contributed by atoms with Crippen molar-refractivity contribution in [2.75, 3.05) is 13.1 Å². The molecule has 1 fully saturated rings. The summed E-state index contributed by atoms with van der Waals surface area (Å²) in [4.78, 5) is 14.8. The summed E-state index contributed by atoms with van der Waals surface area (Å²) >= 11 is 0. The molecule has 1 amide bonds. The third-order valence-corrected chi connectivity index (χ3v) is 4.75. The zero-order valence-corrected chi connectivity index (χ0v) is 14.9. The van der Waals surface area contributed by atoms with Crippen molar-refractivity contribution in [3.05, 3.63) is 53.3 Å². The molecule has 5 nitrogen and oxygen atoms in total. The number of hydrogen-bond donors (Lipinski definition) is 1. The Morgan fingerprint density at radius 2 is 1.88 bits per heavy atom. The monoisotopic (exact) mass is 326 g/mol. The predicted octanol–water partition coefficient (Wildman–Crippen LogP) is 2.28. The van der Waals surface area contributed by atoms with Crippen LogP contribution in [0.5, 0.6) is 0 Å². The van der Waals surface area contributed by atoms with Crippen molar-refractivity contribution in [3.63, 3.8) is 0 Å². The van der Waals surface area contributed by atoms with Gasteiger partial charge in [-0.2, -0.15) is 5.10 Å². The summed E-state index contributed by atoms with van der Waals surface area (Å²) in [5, 5.41) is 4.51. The lowest BCUT2D eigenvalue weighted by atomic mass is 9.92. The van der Waals surface area contributed by atoms with Gasteiger partial charge in [-0.05, 0) is 11.6 Å². The van der Waals surface area contributed by atoms with Crippen LogP contribution in [-0.4, -0.2) is 39.7 Å². The summed E-state index contributed by atoms with van der Waals surface area (Å²) < 4.78 is 1.68. The van der Waals surface area contributed by atoms with E-state index in [4.69, 9.17) is 5.73 Å². The van der Waals surface area contributed by atoms with Crippen LogP contribution < -0.4 is 5.73 Å². The van der Waals surface area contributed by atoms with Crippen molar-refractivity contribution in [1.29, 1.82) is 0 Å². The smallest absolute Gasteiger partial charge is 0.272 e. The Labute approximate surface area is 143 Å². The van der Waals surface area contributed by atoms with Gasteiger partial charge >= 0.3 is 0 Å². The molecule has 0 aliphatic carbocycles. The van der Waals surface area contributed by atoms with Crippen LogP contribution >= 0.6 is 0 Å². The quantitative estimate of drug-likeness (QED) is 0.921. The topological polar surface area (TPSA) is 64.2 Å². The van der Waals surface area contributed by atoms with Gasteiger partial charge in [0.25, 0.3) is 5.91 Å². The molecular formula is C19H26N4O. The van der Waals surface area contributed by atoms with E-state index in [9.17, 15) is 4.79 Å². The molecule has 1 aromatic carbocycles. The van der Waals surface area contributed by atoms with Gasteiger partial charge in [0.15, 0.2) is 0 Å².